The summed E-state index contributed by atoms with van der Waals surface area (Å²) in [5.74, 6) is 0.861. The molecule has 0 amide bonds. The minimum atomic E-state index is 0.786. The van der Waals surface area contributed by atoms with Crippen molar-refractivity contribution < 1.29 is 4.74 Å². The lowest BCUT2D eigenvalue weighted by molar-refractivity contribution is 0.414. The SMILES string of the molecule is COc1ccc(CNc2ccccc2)c(Br)c1. The lowest BCUT2D eigenvalue weighted by Crippen LogP contribution is -2.00. The van der Waals surface area contributed by atoms with Crippen molar-refractivity contribution in [1.29, 1.82) is 0 Å². The van der Waals surface area contributed by atoms with E-state index in [0.29, 0.717) is 0 Å². The van der Waals surface area contributed by atoms with E-state index < -0.39 is 0 Å². The molecule has 2 rings (SSSR count). The van der Waals surface area contributed by atoms with Gasteiger partial charge in [0.25, 0.3) is 0 Å². The predicted molar refractivity (Wildman–Crippen MR) is 74.5 cm³/mol. The molecule has 0 spiro atoms. The maximum Gasteiger partial charge on any atom is 0.120 e. The normalized spacial score (nSPS) is 10.0. The highest BCUT2D eigenvalue weighted by Crippen LogP contribution is 2.23. The molecule has 0 aliphatic carbocycles. The summed E-state index contributed by atoms with van der Waals surface area (Å²) in [5.41, 5.74) is 2.32. The number of hydrogen-bond donors (Lipinski definition) is 1. The molecule has 1 N–H and O–H groups in total. The van der Waals surface area contributed by atoms with Crippen molar-refractivity contribution in [2.75, 3.05) is 12.4 Å². The number of ether oxygens (including phenoxy) is 1. The summed E-state index contributed by atoms with van der Waals surface area (Å²) in [6.07, 6.45) is 0. The average Bonchev–Trinajstić information content (AvgIpc) is 2.38. The number of methoxy groups -OCH3 is 1. The van der Waals surface area contributed by atoms with E-state index in [0.717, 1.165) is 22.5 Å². The van der Waals surface area contributed by atoms with Gasteiger partial charge in [0.05, 0.1) is 7.11 Å². The van der Waals surface area contributed by atoms with Gasteiger partial charge in [0.15, 0.2) is 0 Å². The molecule has 2 aromatic rings. The molecule has 88 valence electrons. The van der Waals surface area contributed by atoms with Crippen LogP contribution in [0.5, 0.6) is 5.75 Å². The Balaban J connectivity index is 2.04. The van der Waals surface area contributed by atoms with E-state index in [1.165, 1.54) is 5.56 Å². The first kappa shape index (κ1) is 12.0. The van der Waals surface area contributed by atoms with Crippen LogP contribution in [-0.4, -0.2) is 7.11 Å². The van der Waals surface area contributed by atoms with E-state index in [4.69, 9.17) is 4.74 Å². The summed E-state index contributed by atoms with van der Waals surface area (Å²) >= 11 is 3.54. The molecule has 0 aliphatic rings. The Kier molecular flexibility index (Phi) is 4.04. The van der Waals surface area contributed by atoms with Crippen molar-refractivity contribution in [1.82, 2.24) is 0 Å². The van der Waals surface area contributed by atoms with E-state index >= 15 is 0 Å². The first-order valence-electron chi connectivity index (χ1n) is 5.41. The average molecular weight is 292 g/mol. The van der Waals surface area contributed by atoms with Crippen LogP contribution in [0.15, 0.2) is 53.0 Å². The standard InChI is InChI=1S/C14H14BrNO/c1-17-13-8-7-11(14(15)9-13)10-16-12-5-3-2-4-6-12/h2-9,16H,10H2,1H3. The monoisotopic (exact) mass is 291 g/mol. The van der Waals surface area contributed by atoms with Crippen LogP contribution >= 0.6 is 15.9 Å². The Hall–Kier alpha value is -1.48. The van der Waals surface area contributed by atoms with Gasteiger partial charge in [-0.25, -0.2) is 0 Å². The molecule has 0 saturated carbocycles. The second-order valence-electron chi connectivity index (χ2n) is 3.68. The highest BCUT2D eigenvalue weighted by molar-refractivity contribution is 9.10. The fourth-order valence-corrected chi connectivity index (χ4v) is 2.05. The van der Waals surface area contributed by atoms with Gasteiger partial charge in [0.1, 0.15) is 5.75 Å². The Bertz CT molecular complexity index is 485. The number of hydrogen-bond acceptors (Lipinski definition) is 2. The molecule has 0 aliphatic heterocycles. The third kappa shape index (κ3) is 3.24. The van der Waals surface area contributed by atoms with Gasteiger partial charge < -0.3 is 10.1 Å². The summed E-state index contributed by atoms with van der Waals surface area (Å²) in [4.78, 5) is 0. The van der Waals surface area contributed by atoms with Gasteiger partial charge in [0.2, 0.25) is 0 Å². The summed E-state index contributed by atoms with van der Waals surface area (Å²) in [6, 6.07) is 16.1. The van der Waals surface area contributed by atoms with Gasteiger partial charge in [-0.05, 0) is 29.8 Å². The summed E-state index contributed by atoms with van der Waals surface area (Å²) in [5, 5.41) is 3.37. The molecule has 3 heteroatoms. The van der Waals surface area contributed by atoms with E-state index in [1.807, 2.05) is 30.3 Å². The van der Waals surface area contributed by atoms with Crippen molar-refractivity contribution in [2.24, 2.45) is 0 Å². The molecule has 0 saturated heterocycles. The van der Waals surface area contributed by atoms with Gasteiger partial charge in [-0.1, -0.05) is 40.2 Å². The zero-order valence-electron chi connectivity index (χ0n) is 9.61. The van der Waals surface area contributed by atoms with Crippen molar-refractivity contribution in [3.05, 3.63) is 58.6 Å². The molecule has 0 unspecified atom stereocenters. The molecule has 0 radical (unpaired) electrons. The smallest absolute Gasteiger partial charge is 0.120 e. The minimum absolute atomic E-state index is 0.786. The van der Waals surface area contributed by atoms with E-state index in [9.17, 15) is 0 Å². The molecule has 2 nitrogen and oxygen atoms in total. The molecular formula is C14H14BrNO. The number of para-hydroxylation sites is 1. The fraction of sp³-hybridized carbons (Fsp3) is 0.143. The maximum atomic E-state index is 5.16. The van der Waals surface area contributed by atoms with Gasteiger partial charge in [0, 0.05) is 16.7 Å². The zero-order chi connectivity index (χ0) is 12.1. The van der Waals surface area contributed by atoms with Crippen LogP contribution in [-0.2, 0) is 6.54 Å². The number of anilines is 1. The first-order chi connectivity index (χ1) is 8.29. The van der Waals surface area contributed by atoms with Crippen LogP contribution < -0.4 is 10.1 Å². The Morgan fingerprint density at radius 3 is 2.53 bits per heavy atom. The van der Waals surface area contributed by atoms with Crippen LogP contribution in [0.4, 0.5) is 5.69 Å². The lowest BCUT2D eigenvalue weighted by Gasteiger charge is -2.09. The molecular weight excluding hydrogens is 278 g/mol. The van der Waals surface area contributed by atoms with Gasteiger partial charge in [-0.15, -0.1) is 0 Å². The topological polar surface area (TPSA) is 21.3 Å². The maximum absolute atomic E-state index is 5.16. The van der Waals surface area contributed by atoms with Gasteiger partial charge in [-0.2, -0.15) is 0 Å². The van der Waals surface area contributed by atoms with Crippen molar-refractivity contribution in [2.45, 2.75) is 6.54 Å². The van der Waals surface area contributed by atoms with E-state index in [1.54, 1.807) is 7.11 Å². The largest absolute Gasteiger partial charge is 0.497 e. The molecule has 0 aromatic heterocycles. The second kappa shape index (κ2) is 5.73. The van der Waals surface area contributed by atoms with Crippen molar-refractivity contribution in [3.63, 3.8) is 0 Å². The Labute approximate surface area is 110 Å². The molecule has 2 aromatic carbocycles. The van der Waals surface area contributed by atoms with Crippen LogP contribution in [0.3, 0.4) is 0 Å². The fourth-order valence-electron chi connectivity index (χ4n) is 1.55. The third-order valence-electron chi connectivity index (χ3n) is 2.52. The number of nitrogens with one attached hydrogen (secondary N) is 1. The molecule has 0 heterocycles. The highest BCUT2D eigenvalue weighted by atomic mass is 79.9. The molecule has 17 heavy (non-hydrogen) atoms. The molecule has 0 atom stereocenters. The second-order valence-corrected chi connectivity index (χ2v) is 4.53. The van der Waals surface area contributed by atoms with Crippen molar-refractivity contribution in [3.8, 4) is 5.75 Å². The Morgan fingerprint density at radius 2 is 1.88 bits per heavy atom. The number of benzene rings is 2. The third-order valence-corrected chi connectivity index (χ3v) is 3.26. The summed E-state index contributed by atoms with van der Waals surface area (Å²) in [6.45, 7) is 0.786. The minimum Gasteiger partial charge on any atom is -0.497 e. The van der Waals surface area contributed by atoms with Crippen LogP contribution in [0.25, 0.3) is 0 Å². The van der Waals surface area contributed by atoms with Crippen LogP contribution in [0, 0.1) is 0 Å². The highest BCUT2D eigenvalue weighted by Gasteiger charge is 2.01. The quantitative estimate of drug-likeness (QED) is 0.917. The summed E-state index contributed by atoms with van der Waals surface area (Å²) < 4.78 is 6.22. The lowest BCUT2D eigenvalue weighted by atomic mass is 10.2. The Morgan fingerprint density at radius 1 is 1.12 bits per heavy atom. The molecule has 0 fully saturated rings. The first-order valence-corrected chi connectivity index (χ1v) is 6.20. The molecule has 0 bridgehead atoms. The van der Waals surface area contributed by atoms with Gasteiger partial charge in [-0.3, -0.25) is 0 Å². The van der Waals surface area contributed by atoms with E-state index in [-0.39, 0.29) is 0 Å². The van der Waals surface area contributed by atoms with E-state index in [2.05, 4.69) is 39.4 Å². The van der Waals surface area contributed by atoms with Crippen molar-refractivity contribution >= 4 is 21.6 Å². The predicted octanol–water partition coefficient (Wildman–Crippen LogP) is 4.07. The van der Waals surface area contributed by atoms with Crippen LogP contribution in [0.2, 0.25) is 0 Å². The zero-order valence-corrected chi connectivity index (χ0v) is 11.2. The van der Waals surface area contributed by atoms with Gasteiger partial charge >= 0.3 is 0 Å². The van der Waals surface area contributed by atoms with Crippen LogP contribution in [0.1, 0.15) is 5.56 Å². The number of halogens is 1. The number of rotatable bonds is 4. The summed E-state index contributed by atoms with van der Waals surface area (Å²) in [7, 11) is 1.67.